The average molecular weight is 280 g/mol. The Morgan fingerprint density at radius 1 is 1.62 bits per heavy atom. The molecule has 1 rings (SSSR count). The van der Waals surface area contributed by atoms with Crippen molar-refractivity contribution in [1.29, 1.82) is 0 Å². The van der Waals surface area contributed by atoms with Crippen LogP contribution in [-0.4, -0.2) is 18.2 Å². The molecule has 0 aliphatic rings. The van der Waals surface area contributed by atoms with E-state index in [0.29, 0.717) is 6.54 Å². The molecule has 72 valence electrons. The molecule has 1 aromatic heterocycles. The predicted molar refractivity (Wildman–Crippen MR) is 62.6 cm³/mol. The summed E-state index contributed by atoms with van der Waals surface area (Å²) < 4.78 is 1.13. The maximum Gasteiger partial charge on any atom is 0.229 e. The second-order valence-corrected chi connectivity index (χ2v) is 5.33. The first kappa shape index (κ1) is 11.1. The minimum atomic E-state index is -0.0149. The maximum atomic E-state index is 10.8. The molecule has 1 heterocycles. The van der Waals surface area contributed by atoms with Crippen LogP contribution in [0.5, 0.6) is 0 Å². The quantitative estimate of drug-likeness (QED) is 0.813. The van der Waals surface area contributed by atoms with Crippen molar-refractivity contribution in [2.45, 2.75) is 6.42 Å². The van der Waals surface area contributed by atoms with E-state index in [2.05, 4.69) is 39.9 Å². The number of thiol groups is 1. The van der Waals surface area contributed by atoms with Crippen molar-refractivity contribution in [3.63, 3.8) is 0 Å². The monoisotopic (exact) mass is 279 g/mol. The Balaban J connectivity index is 2.24. The molecule has 0 unspecified atom stereocenters. The summed E-state index contributed by atoms with van der Waals surface area (Å²) in [5, 5.41) is 2.77. The zero-order chi connectivity index (χ0) is 9.68. The summed E-state index contributed by atoms with van der Waals surface area (Å²) in [6, 6.07) is 4.07. The molecule has 0 radical (unpaired) electrons. The first-order valence-electron chi connectivity index (χ1n) is 3.84. The Kier molecular flexibility index (Phi) is 4.83. The van der Waals surface area contributed by atoms with Crippen LogP contribution in [0.1, 0.15) is 4.88 Å². The molecule has 0 fully saturated rings. The Morgan fingerprint density at radius 2 is 2.38 bits per heavy atom. The highest BCUT2D eigenvalue weighted by atomic mass is 79.9. The summed E-state index contributed by atoms with van der Waals surface area (Å²) in [5.41, 5.74) is 0. The minimum Gasteiger partial charge on any atom is -0.355 e. The van der Waals surface area contributed by atoms with E-state index < -0.39 is 0 Å². The predicted octanol–water partition coefficient (Wildman–Crippen LogP) is 2.10. The molecule has 0 aliphatic heterocycles. The van der Waals surface area contributed by atoms with E-state index >= 15 is 0 Å². The van der Waals surface area contributed by atoms with Crippen molar-refractivity contribution >= 4 is 45.8 Å². The standard InChI is InChI=1S/C8H10BrNOS2/c9-7-2-1-6(13-7)3-4-10-8(11)5-12/h1-2,12H,3-5H2,(H,10,11). The fourth-order valence-corrected chi connectivity index (χ4v) is 2.46. The van der Waals surface area contributed by atoms with E-state index in [0.717, 1.165) is 10.2 Å². The van der Waals surface area contributed by atoms with Gasteiger partial charge in [-0.3, -0.25) is 4.79 Å². The molecule has 0 spiro atoms. The molecule has 1 N–H and O–H groups in total. The molecule has 0 atom stereocenters. The van der Waals surface area contributed by atoms with Gasteiger partial charge in [-0.05, 0) is 34.5 Å². The third-order valence-corrected chi connectivity index (χ3v) is 3.44. The van der Waals surface area contributed by atoms with Crippen LogP contribution in [0.2, 0.25) is 0 Å². The summed E-state index contributed by atoms with van der Waals surface area (Å²) in [4.78, 5) is 12.1. The molecule has 0 saturated heterocycles. The molecule has 5 heteroatoms. The van der Waals surface area contributed by atoms with Crippen LogP contribution in [0.15, 0.2) is 15.9 Å². The highest BCUT2D eigenvalue weighted by Gasteiger charge is 1.99. The molecular weight excluding hydrogens is 270 g/mol. The van der Waals surface area contributed by atoms with Crippen LogP contribution in [0, 0.1) is 0 Å². The topological polar surface area (TPSA) is 29.1 Å². The van der Waals surface area contributed by atoms with E-state index in [9.17, 15) is 4.79 Å². The Labute approximate surface area is 95.3 Å². The Hall–Kier alpha value is -0.0000000000000000833. The van der Waals surface area contributed by atoms with Crippen LogP contribution >= 0.6 is 39.9 Å². The van der Waals surface area contributed by atoms with Gasteiger partial charge in [0.1, 0.15) is 0 Å². The minimum absolute atomic E-state index is 0.0149. The van der Waals surface area contributed by atoms with Gasteiger partial charge in [0.25, 0.3) is 0 Å². The SMILES string of the molecule is O=C(CS)NCCc1ccc(Br)s1. The van der Waals surface area contributed by atoms with Crippen molar-refractivity contribution in [2.24, 2.45) is 0 Å². The van der Waals surface area contributed by atoms with Crippen molar-refractivity contribution < 1.29 is 4.79 Å². The van der Waals surface area contributed by atoms with Crippen LogP contribution in [-0.2, 0) is 11.2 Å². The van der Waals surface area contributed by atoms with Gasteiger partial charge in [-0.25, -0.2) is 0 Å². The van der Waals surface area contributed by atoms with Crippen LogP contribution < -0.4 is 5.32 Å². The van der Waals surface area contributed by atoms with E-state index in [-0.39, 0.29) is 11.7 Å². The number of carbonyl (C=O) groups excluding carboxylic acids is 1. The summed E-state index contributed by atoms with van der Waals surface area (Å²) in [5.74, 6) is 0.243. The highest BCUT2D eigenvalue weighted by Crippen LogP contribution is 2.21. The Bertz CT molecular complexity index is 287. The molecule has 2 nitrogen and oxygen atoms in total. The lowest BCUT2D eigenvalue weighted by Gasteiger charge is -2.00. The van der Waals surface area contributed by atoms with Gasteiger partial charge in [0, 0.05) is 11.4 Å². The van der Waals surface area contributed by atoms with Gasteiger partial charge in [0.05, 0.1) is 9.54 Å². The first-order chi connectivity index (χ1) is 6.22. The van der Waals surface area contributed by atoms with E-state index in [1.807, 2.05) is 6.07 Å². The molecule has 13 heavy (non-hydrogen) atoms. The summed E-state index contributed by atoms with van der Waals surface area (Å²) in [7, 11) is 0. The summed E-state index contributed by atoms with van der Waals surface area (Å²) in [6.07, 6.45) is 0.885. The van der Waals surface area contributed by atoms with E-state index in [4.69, 9.17) is 0 Å². The van der Waals surface area contributed by atoms with E-state index in [1.54, 1.807) is 11.3 Å². The second kappa shape index (κ2) is 5.67. The third-order valence-electron chi connectivity index (χ3n) is 1.47. The number of carbonyl (C=O) groups is 1. The summed E-state index contributed by atoms with van der Waals surface area (Å²) in [6.45, 7) is 0.687. The van der Waals surface area contributed by atoms with Crippen molar-refractivity contribution in [3.8, 4) is 0 Å². The molecule has 0 saturated carbocycles. The lowest BCUT2D eigenvalue weighted by Crippen LogP contribution is -2.26. The lowest BCUT2D eigenvalue weighted by molar-refractivity contribution is -0.118. The smallest absolute Gasteiger partial charge is 0.229 e. The zero-order valence-electron chi connectivity index (χ0n) is 6.92. The highest BCUT2D eigenvalue weighted by molar-refractivity contribution is 9.11. The molecule has 1 aromatic rings. The van der Waals surface area contributed by atoms with Gasteiger partial charge in [-0.15, -0.1) is 11.3 Å². The van der Waals surface area contributed by atoms with Crippen LogP contribution in [0.3, 0.4) is 0 Å². The van der Waals surface area contributed by atoms with Crippen LogP contribution in [0.4, 0.5) is 0 Å². The van der Waals surface area contributed by atoms with Crippen molar-refractivity contribution in [3.05, 3.63) is 20.8 Å². The number of hydrogen-bond donors (Lipinski definition) is 2. The van der Waals surface area contributed by atoms with Crippen molar-refractivity contribution in [2.75, 3.05) is 12.3 Å². The zero-order valence-corrected chi connectivity index (χ0v) is 10.2. The normalized spacial score (nSPS) is 10.0. The van der Waals surface area contributed by atoms with Crippen molar-refractivity contribution in [1.82, 2.24) is 5.32 Å². The lowest BCUT2D eigenvalue weighted by atomic mass is 10.3. The van der Waals surface area contributed by atoms with Gasteiger partial charge >= 0.3 is 0 Å². The van der Waals surface area contributed by atoms with E-state index in [1.165, 1.54) is 4.88 Å². The van der Waals surface area contributed by atoms with Gasteiger partial charge in [0.2, 0.25) is 5.91 Å². The number of amides is 1. The average Bonchev–Trinajstić information content (AvgIpc) is 2.51. The number of rotatable bonds is 4. The first-order valence-corrected chi connectivity index (χ1v) is 6.08. The number of hydrogen-bond acceptors (Lipinski definition) is 3. The molecule has 0 aromatic carbocycles. The van der Waals surface area contributed by atoms with Gasteiger partial charge in [0.15, 0.2) is 0 Å². The number of nitrogens with one attached hydrogen (secondary N) is 1. The summed E-state index contributed by atoms with van der Waals surface area (Å²) >= 11 is 8.94. The fraction of sp³-hybridized carbons (Fsp3) is 0.375. The van der Waals surface area contributed by atoms with Gasteiger partial charge < -0.3 is 5.32 Å². The molecule has 1 amide bonds. The second-order valence-electron chi connectivity index (χ2n) is 2.46. The maximum absolute atomic E-state index is 10.8. The fourth-order valence-electron chi connectivity index (χ4n) is 0.867. The van der Waals surface area contributed by atoms with Crippen LogP contribution in [0.25, 0.3) is 0 Å². The Morgan fingerprint density at radius 3 is 2.92 bits per heavy atom. The third kappa shape index (κ3) is 4.15. The number of thiophene rings is 1. The number of halogens is 1. The van der Waals surface area contributed by atoms with Gasteiger partial charge in [-0.1, -0.05) is 0 Å². The molecule has 0 bridgehead atoms. The largest absolute Gasteiger partial charge is 0.355 e. The van der Waals surface area contributed by atoms with Gasteiger partial charge in [-0.2, -0.15) is 12.6 Å². The molecule has 0 aliphatic carbocycles. The molecular formula is C8H10BrNOS2.